The summed E-state index contributed by atoms with van der Waals surface area (Å²) in [7, 11) is 2.24. The van der Waals surface area contributed by atoms with Crippen LogP contribution < -0.4 is 0 Å². The average molecular weight is 371 g/mol. The van der Waals surface area contributed by atoms with Gasteiger partial charge in [0.25, 0.3) is 0 Å². The highest BCUT2D eigenvalue weighted by atomic mass is 15.2. The Labute approximate surface area is 165 Å². The highest BCUT2D eigenvalue weighted by Crippen LogP contribution is 2.37. The minimum absolute atomic E-state index is 0.497. The van der Waals surface area contributed by atoms with Gasteiger partial charge in [-0.3, -0.25) is 9.47 Å². The van der Waals surface area contributed by atoms with Crippen molar-refractivity contribution in [2.45, 2.75) is 31.8 Å². The van der Waals surface area contributed by atoms with Crippen molar-refractivity contribution in [3.05, 3.63) is 78.5 Å². The fourth-order valence-electron chi connectivity index (χ4n) is 4.46. The molecule has 2 aromatic heterocycles. The van der Waals surface area contributed by atoms with Gasteiger partial charge in [0.2, 0.25) is 0 Å². The van der Waals surface area contributed by atoms with Gasteiger partial charge in [-0.05, 0) is 62.2 Å². The van der Waals surface area contributed by atoms with E-state index in [2.05, 4.69) is 81.4 Å². The van der Waals surface area contributed by atoms with E-state index < -0.39 is 0 Å². The van der Waals surface area contributed by atoms with Crippen LogP contribution in [0.4, 0.5) is 0 Å². The molecule has 1 aliphatic rings. The number of rotatable bonds is 5. The van der Waals surface area contributed by atoms with Crippen molar-refractivity contribution >= 4 is 10.9 Å². The number of hydrogen-bond donors (Lipinski definition) is 0. The molecule has 1 aliphatic heterocycles. The van der Waals surface area contributed by atoms with E-state index in [4.69, 9.17) is 0 Å². The molecular weight excluding hydrogens is 346 g/mol. The summed E-state index contributed by atoms with van der Waals surface area (Å²) in [6.07, 6.45) is 9.44. The third-order valence-electron chi connectivity index (χ3n) is 5.98. The quantitative estimate of drug-likeness (QED) is 0.527. The second-order valence-electron chi connectivity index (χ2n) is 7.72. The summed E-state index contributed by atoms with van der Waals surface area (Å²) >= 11 is 0. The normalized spacial score (nSPS) is 17.5. The lowest BCUT2D eigenvalue weighted by Gasteiger charge is -2.19. The maximum absolute atomic E-state index is 3.96. The molecule has 0 N–H and O–H groups in total. The second kappa shape index (κ2) is 7.24. The van der Waals surface area contributed by atoms with E-state index in [-0.39, 0.29) is 0 Å². The van der Waals surface area contributed by atoms with Crippen molar-refractivity contribution < 1.29 is 0 Å². The molecule has 0 saturated carbocycles. The fourth-order valence-corrected chi connectivity index (χ4v) is 4.46. The SMILES string of the molecule is CN1CCC[C@@H]1c1cn(CCc2ccccc2)c2ccc(-n3cnnc3)cc12. The van der Waals surface area contributed by atoms with E-state index in [0.29, 0.717) is 6.04 Å². The summed E-state index contributed by atoms with van der Waals surface area (Å²) in [5.74, 6) is 0. The molecule has 0 aliphatic carbocycles. The lowest BCUT2D eigenvalue weighted by molar-refractivity contribution is 0.318. The molecule has 28 heavy (non-hydrogen) atoms. The molecule has 1 fully saturated rings. The summed E-state index contributed by atoms with van der Waals surface area (Å²) in [6.45, 7) is 2.16. The molecule has 0 spiro atoms. The Hall–Kier alpha value is -2.92. The van der Waals surface area contributed by atoms with E-state index in [0.717, 1.165) is 18.7 Å². The van der Waals surface area contributed by atoms with Gasteiger partial charge in [0.1, 0.15) is 12.7 Å². The van der Waals surface area contributed by atoms with Crippen LogP contribution in [0.5, 0.6) is 0 Å². The van der Waals surface area contributed by atoms with E-state index >= 15 is 0 Å². The smallest absolute Gasteiger partial charge is 0.123 e. The molecule has 0 amide bonds. The highest BCUT2D eigenvalue weighted by Gasteiger charge is 2.26. The van der Waals surface area contributed by atoms with Gasteiger partial charge < -0.3 is 4.57 Å². The van der Waals surface area contributed by atoms with Crippen molar-refractivity contribution in [2.75, 3.05) is 13.6 Å². The Bertz CT molecular complexity index is 1070. The summed E-state index contributed by atoms with van der Waals surface area (Å²) in [5.41, 5.74) is 5.24. The van der Waals surface area contributed by atoms with E-state index in [1.165, 1.54) is 41.4 Å². The van der Waals surface area contributed by atoms with E-state index in [9.17, 15) is 0 Å². The Kier molecular flexibility index (Phi) is 4.45. The minimum Gasteiger partial charge on any atom is -0.347 e. The largest absolute Gasteiger partial charge is 0.347 e. The number of benzene rings is 2. The molecule has 3 heterocycles. The minimum atomic E-state index is 0.497. The van der Waals surface area contributed by atoms with Crippen LogP contribution in [0.1, 0.15) is 30.0 Å². The second-order valence-corrected chi connectivity index (χ2v) is 7.72. The topological polar surface area (TPSA) is 38.9 Å². The van der Waals surface area contributed by atoms with Crippen LogP contribution >= 0.6 is 0 Å². The maximum atomic E-state index is 3.96. The Morgan fingerprint density at radius 3 is 2.61 bits per heavy atom. The molecule has 5 nitrogen and oxygen atoms in total. The van der Waals surface area contributed by atoms with Crippen LogP contribution in [0.15, 0.2) is 67.4 Å². The van der Waals surface area contributed by atoms with E-state index in [1.807, 2.05) is 4.57 Å². The molecule has 0 radical (unpaired) electrons. The van der Waals surface area contributed by atoms with Crippen LogP contribution in [0, 0.1) is 0 Å². The monoisotopic (exact) mass is 371 g/mol. The predicted octanol–water partition coefficient (Wildman–Crippen LogP) is 4.23. The van der Waals surface area contributed by atoms with Gasteiger partial charge >= 0.3 is 0 Å². The van der Waals surface area contributed by atoms with Crippen molar-refractivity contribution in [1.82, 2.24) is 24.2 Å². The molecule has 1 atom stereocenters. The van der Waals surface area contributed by atoms with Crippen LogP contribution in [0.3, 0.4) is 0 Å². The molecular formula is C23H25N5. The Balaban J connectivity index is 1.56. The van der Waals surface area contributed by atoms with E-state index in [1.54, 1.807) is 12.7 Å². The number of aryl methyl sites for hydroxylation is 2. The van der Waals surface area contributed by atoms with Gasteiger partial charge in [0.15, 0.2) is 0 Å². The van der Waals surface area contributed by atoms with Crippen molar-refractivity contribution in [3.63, 3.8) is 0 Å². The average Bonchev–Trinajstić information content (AvgIpc) is 3.47. The highest BCUT2D eigenvalue weighted by molar-refractivity contribution is 5.86. The number of fused-ring (bicyclic) bond motifs is 1. The van der Waals surface area contributed by atoms with Crippen LogP contribution in [0.25, 0.3) is 16.6 Å². The molecule has 5 heteroatoms. The summed E-state index contributed by atoms with van der Waals surface area (Å²) in [4.78, 5) is 2.49. The molecule has 0 bridgehead atoms. The maximum Gasteiger partial charge on any atom is 0.123 e. The van der Waals surface area contributed by atoms with Gasteiger partial charge in [-0.1, -0.05) is 30.3 Å². The zero-order valence-electron chi connectivity index (χ0n) is 16.2. The van der Waals surface area contributed by atoms with Crippen molar-refractivity contribution in [3.8, 4) is 5.69 Å². The van der Waals surface area contributed by atoms with Crippen LogP contribution in [-0.4, -0.2) is 37.8 Å². The van der Waals surface area contributed by atoms with Gasteiger partial charge in [0.05, 0.1) is 0 Å². The number of likely N-dealkylation sites (tertiary alicyclic amines) is 1. The van der Waals surface area contributed by atoms with Crippen LogP contribution in [-0.2, 0) is 13.0 Å². The van der Waals surface area contributed by atoms with Gasteiger partial charge in [0, 0.05) is 35.4 Å². The number of aromatic nitrogens is 4. The first-order chi connectivity index (χ1) is 13.8. The molecule has 142 valence electrons. The number of hydrogen-bond acceptors (Lipinski definition) is 3. The molecule has 1 saturated heterocycles. The third-order valence-corrected chi connectivity index (χ3v) is 5.98. The zero-order chi connectivity index (χ0) is 18.9. The van der Waals surface area contributed by atoms with Gasteiger partial charge in [-0.25, -0.2) is 0 Å². The third kappa shape index (κ3) is 3.12. The summed E-state index contributed by atoms with van der Waals surface area (Å²) in [5, 5.41) is 9.26. The fraction of sp³-hybridized carbons (Fsp3) is 0.304. The van der Waals surface area contributed by atoms with Crippen molar-refractivity contribution in [2.24, 2.45) is 0 Å². The van der Waals surface area contributed by atoms with Gasteiger partial charge in [-0.2, -0.15) is 0 Å². The first-order valence-corrected chi connectivity index (χ1v) is 10.0. The lowest BCUT2D eigenvalue weighted by Crippen LogP contribution is -2.17. The Morgan fingerprint density at radius 2 is 1.86 bits per heavy atom. The molecule has 2 aromatic carbocycles. The standard InChI is InChI=1S/C23H25N5/c1-26-12-5-8-22(26)21-15-27(13-11-18-6-3-2-4-7-18)23-10-9-19(14-20(21)23)28-16-24-25-17-28/h2-4,6-7,9-10,14-17,22H,5,8,11-13H2,1H3/t22-/m1/s1. The predicted molar refractivity (Wildman–Crippen MR) is 112 cm³/mol. The van der Waals surface area contributed by atoms with Crippen molar-refractivity contribution in [1.29, 1.82) is 0 Å². The molecule has 0 unspecified atom stereocenters. The first kappa shape index (κ1) is 17.2. The molecule has 5 rings (SSSR count). The van der Waals surface area contributed by atoms with Gasteiger partial charge in [-0.15, -0.1) is 10.2 Å². The zero-order valence-corrected chi connectivity index (χ0v) is 16.2. The first-order valence-electron chi connectivity index (χ1n) is 10.0. The number of nitrogens with zero attached hydrogens (tertiary/aromatic N) is 5. The van der Waals surface area contributed by atoms with Crippen LogP contribution in [0.2, 0.25) is 0 Å². The molecule has 4 aromatic rings. The Morgan fingerprint density at radius 1 is 1.04 bits per heavy atom. The lowest BCUT2D eigenvalue weighted by atomic mass is 10.0. The summed E-state index contributed by atoms with van der Waals surface area (Å²) in [6, 6.07) is 17.9. The summed E-state index contributed by atoms with van der Waals surface area (Å²) < 4.78 is 4.41.